The second-order valence-electron chi connectivity index (χ2n) is 8.18. The summed E-state index contributed by atoms with van der Waals surface area (Å²) >= 11 is 1.46. The van der Waals surface area contributed by atoms with Crippen LogP contribution in [0, 0.1) is 0 Å². The van der Waals surface area contributed by atoms with E-state index < -0.39 is 5.92 Å². The molecule has 1 aliphatic rings. The number of methoxy groups -OCH3 is 1. The van der Waals surface area contributed by atoms with Gasteiger partial charge >= 0.3 is 0 Å². The van der Waals surface area contributed by atoms with Crippen LogP contribution >= 0.6 is 11.8 Å². The SMILES string of the molecule is COc1cc([C@H]2CC(=O)Nc3c2c(=O)nc(SCc2ccccc2)n3C)ccc1OC(C)C. The summed E-state index contributed by atoms with van der Waals surface area (Å²) in [6.07, 6.45) is 0.155. The third kappa shape index (κ3) is 4.90. The zero-order chi connectivity index (χ0) is 23.5. The molecule has 1 atom stereocenters. The van der Waals surface area contributed by atoms with Gasteiger partial charge in [-0.2, -0.15) is 4.98 Å². The van der Waals surface area contributed by atoms with Gasteiger partial charge in [0.1, 0.15) is 5.82 Å². The number of anilines is 1. The minimum atomic E-state index is -0.421. The summed E-state index contributed by atoms with van der Waals surface area (Å²) in [6.45, 7) is 3.88. The zero-order valence-corrected chi connectivity index (χ0v) is 19.9. The van der Waals surface area contributed by atoms with E-state index >= 15 is 0 Å². The maximum Gasteiger partial charge on any atom is 0.279 e. The second-order valence-corrected chi connectivity index (χ2v) is 9.12. The van der Waals surface area contributed by atoms with Gasteiger partial charge in [0.15, 0.2) is 16.7 Å². The highest BCUT2D eigenvalue weighted by molar-refractivity contribution is 7.98. The molecule has 4 rings (SSSR count). The summed E-state index contributed by atoms with van der Waals surface area (Å²) in [7, 11) is 3.39. The third-order valence-corrected chi connectivity index (χ3v) is 6.57. The molecule has 0 saturated heterocycles. The van der Waals surface area contributed by atoms with Crippen molar-refractivity contribution in [1.82, 2.24) is 9.55 Å². The smallest absolute Gasteiger partial charge is 0.279 e. The zero-order valence-electron chi connectivity index (χ0n) is 19.1. The topological polar surface area (TPSA) is 82.5 Å². The predicted molar refractivity (Wildman–Crippen MR) is 129 cm³/mol. The molecule has 1 aromatic heterocycles. The molecule has 1 amide bonds. The summed E-state index contributed by atoms with van der Waals surface area (Å²) in [6, 6.07) is 15.5. The molecule has 33 heavy (non-hydrogen) atoms. The third-order valence-electron chi connectivity index (χ3n) is 5.46. The van der Waals surface area contributed by atoms with Crippen LogP contribution in [0.5, 0.6) is 11.5 Å². The summed E-state index contributed by atoms with van der Waals surface area (Å²) in [5.74, 6) is 1.78. The van der Waals surface area contributed by atoms with Crippen LogP contribution in [-0.2, 0) is 17.6 Å². The summed E-state index contributed by atoms with van der Waals surface area (Å²) in [5.41, 5.74) is 2.10. The molecule has 0 unspecified atom stereocenters. The van der Waals surface area contributed by atoms with Gasteiger partial charge in [-0.3, -0.25) is 9.59 Å². The van der Waals surface area contributed by atoms with E-state index in [0.717, 1.165) is 11.1 Å². The standard InChI is InChI=1S/C25H27N3O4S/c1-15(2)32-19-11-10-17(12-20(19)31-4)18-13-21(29)26-23-22(18)24(30)27-25(28(23)3)33-14-16-8-6-5-7-9-16/h5-12,15,18H,13-14H2,1-4H3,(H,26,29)/t18-/m1/s1. The van der Waals surface area contributed by atoms with Crippen molar-refractivity contribution in [3.63, 3.8) is 0 Å². The van der Waals surface area contributed by atoms with Gasteiger partial charge in [-0.25, -0.2) is 0 Å². The first-order chi connectivity index (χ1) is 15.9. The Morgan fingerprint density at radius 2 is 1.91 bits per heavy atom. The van der Waals surface area contributed by atoms with Crippen molar-refractivity contribution in [2.24, 2.45) is 7.05 Å². The molecule has 0 spiro atoms. The van der Waals surface area contributed by atoms with Crippen LogP contribution in [0.2, 0.25) is 0 Å². The van der Waals surface area contributed by atoms with Crippen LogP contribution in [0.25, 0.3) is 0 Å². The number of aromatic nitrogens is 2. The predicted octanol–water partition coefficient (Wildman–Crippen LogP) is 4.34. The fourth-order valence-electron chi connectivity index (χ4n) is 3.92. The van der Waals surface area contributed by atoms with Gasteiger partial charge in [0.25, 0.3) is 5.56 Å². The van der Waals surface area contributed by atoms with Gasteiger partial charge in [-0.05, 0) is 37.1 Å². The number of ether oxygens (including phenoxy) is 2. The molecule has 0 fully saturated rings. The van der Waals surface area contributed by atoms with Crippen molar-refractivity contribution < 1.29 is 14.3 Å². The van der Waals surface area contributed by atoms with E-state index in [2.05, 4.69) is 10.3 Å². The molecule has 2 aromatic carbocycles. The molecular formula is C25H27N3O4S. The fourth-order valence-corrected chi connectivity index (χ4v) is 4.84. The lowest BCUT2D eigenvalue weighted by Crippen LogP contribution is -2.33. The van der Waals surface area contributed by atoms with Gasteiger partial charge < -0.3 is 19.4 Å². The lowest BCUT2D eigenvalue weighted by atomic mass is 9.86. The minimum absolute atomic E-state index is 0.00534. The summed E-state index contributed by atoms with van der Waals surface area (Å²) in [5, 5.41) is 3.45. The van der Waals surface area contributed by atoms with Crippen molar-refractivity contribution in [2.75, 3.05) is 12.4 Å². The van der Waals surface area contributed by atoms with Gasteiger partial charge in [0.2, 0.25) is 5.91 Å². The molecule has 7 nitrogen and oxygen atoms in total. The molecule has 2 heterocycles. The van der Waals surface area contributed by atoms with E-state index in [1.807, 2.05) is 69.4 Å². The lowest BCUT2D eigenvalue weighted by Gasteiger charge is -2.28. The number of nitrogens with one attached hydrogen (secondary N) is 1. The van der Waals surface area contributed by atoms with Crippen LogP contribution in [0.3, 0.4) is 0 Å². The second kappa shape index (κ2) is 9.70. The quantitative estimate of drug-likeness (QED) is 0.413. The Balaban J connectivity index is 1.71. The molecule has 0 bridgehead atoms. The summed E-state index contributed by atoms with van der Waals surface area (Å²) in [4.78, 5) is 30.1. The molecule has 0 saturated carbocycles. The Morgan fingerprint density at radius 3 is 2.61 bits per heavy atom. The normalized spacial score (nSPS) is 15.2. The van der Waals surface area contributed by atoms with Crippen molar-refractivity contribution >= 4 is 23.5 Å². The first-order valence-corrected chi connectivity index (χ1v) is 11.8. The first kappa shape index (κ1) is 22.9. The van der Waals surface area contributed by atoms with Crippen LogP contribution in [0.15, 0.2) is 58.5 Å². The fraction of sp³-hybridized carbons (Fsp3) is 0.320. The minimum Gasteiger partial charge on any atom is -0.493 e. The average Bonchev–Trinajstić information content (AvgIpc) is 2.80. The van der Waals surface area contributed by atoms with Gasteiger partial charge in [0, 0.05) is 25.1 Å². The molecule has 1 aliphatic heterocycles. The maximum absolute atomic E-state index is 13.2. The van der Waals surface area contributed by atoms with E-state index in [9.17, 15) is 9.59 Å². The molecule has 0 radical (unpaired) electrons. The van der Waals surface area contributed by atoms with Gasteiger partial charge in [0.05, 0.1) is 18.8 Å². The van der Waals surface area contributed by atoms with Crippen LogP contribution in [0.4, 0.5) is 5.82 Å². The number of amides is 1. The van der Waals surface area contributed by atoms with E-state index in [0.29, 0.717) is 33.8 Å². The number of thioether (sulfide) groups is 1. The number of hydrogen-bond donors (Lipinski definition) is 1. The number of fused-ring (bicyclic) bond motifs is 1. The number of hydrogen-bond acceptors (Lipinski definition) is 6. The van der Waals surface area contributed by atoms with Crippen LogP contribution in [0.1, 0.15) is 42.9 Å². The van der Waals surface area contributed by atoms with E-state index in [1.165, 1.54) is 11.8 Å². The molecular weight excluding hydrogens is 438 g/mol. The van der Waals surface area contributed by atoms with Crippen LogP contribution in [-0.4, -0.2) is 28.7 Å². The van der Waals surface area contributed by atoms with Crippen molar-refractivity contribution in [3.05, 3.63) is 75.6 Å². The Kier molecular flexibility index (Phi) is 6.74. The monoisotopic (exact) mass is 465 g/mol. The summed E-state index contributed by atoms with van der Waals surface area (Å²) < 4.78 is 13.1. The molecule has 172 valence electrons. The number of benzene rings is 2. The Morgan fingerprint density at radius 1 is 1.15 bits per heavy atom. The molecule has 3 aromatic rings. The first-order valence-electron chi connectivity index (χ1n) is 10.8. The highest BCUT2D eigenvalue weighted by Gasteiger charge is 2.32. The molecule has 0 aliphatic carbocycles. The highest BCUT2D eigenvalue weighted by Crippen LogP contribution is 2.39. The van der Waals surface area contributed by atoms with E-state index in [1.54, 1.807) is 11.7 Å². The lowest BCUT2D eigenvalue weighted by molar-refractivity contribution is -0.116. The molecule has 8 heteroatoms. The Labute approximate surface area is 197 Å². The maximum atomic E-state index is 13.2. The Bertz CT molecular complexity index is 1220. The van der Waals surface area contributed by atoms with Crippen molar-refractivity contribution in [1.29, 1.82) is 0 Å². The van der Waals surface area contributed by atoms with Gasteiger partial charge in [-0.15, -0.1) is 0 Å². The van der Waals surface area contributed by atoms with Crippen LogP contribution < -0.4 is 20.3 Å². The number of carbonyl (C=O) groups is 1. The van der Waals surface area contributed by atoms with E-state index in [-0.39, 0.29) is 24.0 Å². The van der Waals surface area contributed by atoms with E-state index in [4.69, 9.17) is 9.47 Å². The number of nitrogens with zero attached hydrogens (tertiary/aromatic N) is 2. The molecule has 1 N–H and O–H groups in total. The average molecular weight is 466 g/mol. The van der Waals surface area contributed by atoms with Gasteiger partial charge in [-0.1, -0.05) is 48.2 Å². The largest absolute Gasteiger partial charge is 0.493 e. The Hall–Kier alpha value is -3.26. The van der Waals surface area contributed by atoms with Crippen molar-refractivity contribution in [3.8, 4) is 11.5 Å². The highest BCUT2D eigenvalue weighted by atomic mass is 32.2. The number of rotatable bonds is 7. The van der Waals surface area contributed by atoms with Crippen molar-refractivity contribution in [2.45, 2.75) is 43.2 Å². The number of carbonyl (C=O) groups excluding carboxylic acids is 1.